The van der Waals surface area contributed by atoms with Gasteiger partial charge in [0.05, 0.1) is 12.7 Å². The van der Waals surface area contributed by atoms with Crippen molar-refractivity contribution in [2.24, 2.45) is 0 Å². The summed E-state index contributed by atoms with van der Waals surface area (Å²) in [5.74, 6) is 0.816. The van der Waals surface area contributed by atoms with Gasteiger partial charge in [-0.1, -0.05) is 24.6 Å². The topological polar surface area (TPSA) is 32.7 Å². The van der Waals surface area contributed by atoms with Crippen molar-refractivity contribution in [2.45, 2.75) is 44.8 Å². The zero-order chi connectivity index (χ0) is 13.7. The van der Waals surface area contributed by atoms with Crippen LogP contribution in [-0.2, 0) is 0 Å². The van der Waals surface area contributed by atoms with Crippen LogP contribution in [0.25, 0.3) is 0 Å². The number of likely N-dealkylation sites (tertiary alicyclic amines) is 1. The van der Waals surface area contributed by atoms with Crippen molar-refractivity contribution in [3.05, 3.63) is 29.8 Å². The van der Waals surface area contributed by atoms with Crippen LogP contribution in [0, 0.1) is 0 Å². The molecule has 2 atom stereocenters. The zero-order valence-corrected chi connectivity index (χ0v) is 12.0. The Kier molecular flexibility index (Phi) is 5.23. The molecule has 1 aromatic rings. The molecule has 1 aliphatic heterocycles. The SMILES string of the molecule is C[C@@H](O)c1ccccc1OCCC1CCCCN1C. The van der Waals surface area contributed by atoms with Gasteiger partial charge in [-0.05, 0) is 45.8 Å². The minimum atomic E-state index is -0.478. The van der Waals surface area contributed by atoms with Gasteiger partial charge in [-0.3, -0.25) is 0 Å². The van der Waals surface area contributed by atoms with Gasteiger partial charge in [-0.15, -0.1) is 0 Å². The van der Waals surface area contributed by atoms with Crippen LogP contribution in [0.15, 0.2) is 24.3 Å². The third kappa shape index (κ3) is 3.95. The molecule has 1 heterocycles. The molecule has 19 heavy (non-hydrogen) atoms. The van der Waals surface area contributed by atoms with E-state index in [9.17, 15) is 5.11 Å². The fourth-order valence-electron chi connectivity index (χ4n) is 2.77. The van der Waals surface area contributed by atoms with E-state index in [1.165, 1.54) is 25.8 Å². The summed E-state index contributed by atoms with van der Waals surface area (Å²) < 4.78 is 5.86. The van der Waals surface area contributed by atoms with Gasteiger partial charge in [0.25, 0.3) is 0 Å². The number of aliphatic hydroxyl groups is 1. The summed E-state index contributed by atoms with van der Waals surface area (Å²) in [4.78, 5) is 2.44. The van der Waals surface area contributed by atoms with Gasteiger partial charge in [0.1, 0.15) is 5.75 Å². The molecule has 0 aliphatic carbocycles. The first-order valence-corrected chi connectivity index (χ1v) is 7.28. The van der Waals surface area contributed by atoms with Crippen LogP contribution in [-0.4, -0.2) is 36.2 Å². The first-order valence-electron chi connectivity index (χ1n) is 7.28. The zero-order valence-electron chi connectivity index (χ0n) is 12.0. The molecule has 1 unspecified atom stereocenters. The lowest BCUT2D eigenvalue weighted by molar-refractivity contribution is 0.149. The van der Waals surface area contributed by atoms with E-state index in [1.54, 1.807) is 6.92 Å². The largest absolute Gasteiger partial charge is 0.493 e. The molecule has 106 valence electrons. The van der Waals surface area contributed by atoms with Gasteiger partial charge in [0.2, 0.25) is 0 Å². The smallest absolute Gasteiger partial charge is 0.125 e. The van der Waals surface area contributed by atoms with E-state index in [-0.39, 0.29) is 0 Å². The minimum absolute atomic E-state index is 0.478. The maximum absolute atomic E-state index is 9.71. The normalized spacial score (nSPS) is 22.2. The van der Waals surface area contributed by atoms with E-state index >= 15 is 0 Å². The van der Waals surface area contributed by atoms with Gasteiger partial charge >= 0.3 is 0 Å². The van der Waals surface area contributed by atoms with Gasteiger partial charge in [-0.25, -0.2) is 0 Å². The van der Waals surface area contributed by atoms with Crippen LogP contribution in [0.3, 0.4) is 0 Å². The van der Waals surface area contributed by atoms with Crippen molar-refractivity contribution in [1.82, 2.24) is 4.90 Å². The van der Waals surface area contributed by atoms with Crippen LogP contribution >= 0.6 is 0 Å². The van der Waals surface area contributed by atoms with E-state index in [2.05, 4.69) is 11.9 Å². The standard InChI is InChI=1S/C16H25NO2/c1-13(18)15-8-3-4-9-16(15)19-12-10-14-7-5-6-11-17(14)2/h3-4,8-9,13-14,18H,5-7,10-12H2,1-2H3/t13-,14?/m1/s1. The van der Waals surface area contributed by atoms with E-state index < -0.39 is 6.10 Å². The Labute approximate surface area is 116 Å². The summed E-state index contributed by atoms with van der Waals surface area (Å²) >= 11 is 0. The predicted molar refractivity (Wildman–Crippen MR) is 77.5 cm³/mol. The van der Waals surface area contributed by atoms with Crippen molar-refractivity contribution < 1.29 is 9.84 Å². The Bertz CT molecular complexity index is 392. The second-order valence-electron chi connectivity index (χ2n) is 5.48. The van der Waals surface area contributed by atoms with E-state index in [0.29, 0.717) is 6.04 Å². The summed E-state index contributed by atoms with van der Waals surface area (Å²) in [5.41, 5.74) is 0.875. The molecule has 1 fully saturated rings. The first-order chi connectivity index (χ1) is 9.18. The third-order valence-electron chi connectivity index (χ3n) is 4.00. The van der Waals surface area contributed by atoms with Crippen LogP contribution in [0.5, 0.6) is 5.75 Å². The third-order valence-corrected chi connectivity index (χ3v) is 4.00. The molecular weight excluding hydrogens is 238 g/mol. The number of ether oxygens (including phenoxy) is 1. The summed E-state index contributed by atoms with van der Waals surface area (Å²) in [5, 5.41) is 9.71. The van der Waals surface area contributed by atoms with Gasteiger partial charge in [0, 0.05) is 11.6 Å². The highest BCUT2D eigenvalue weighted by Crippen LogP contribution is 2.25. The number of hydrogen-bond acceptors (Lipinski definition) is 3. The number of hydrogen-bond donors (Lipinski definition) is 1. The Morgan fingerprint density at radius 3 is 2.89 bits per heavy atom. The lowest BCUT2D eigenvalue weighted by Gasteiger charge is -2.32. The second kappa shape index (κ2) is 6.92. The number of nitrogens with zero attached hydrogens (tertiary/aromatic N) is 1. The average molecular weight is 263 g/mol. The highest BCUT2D eigenvalue weighted by Gasteiger charge is 2.18. The molecule has 1 aromatic carbocycles. The van der Waals surface area contributed by atoms with Crippen LogP contribution in [0.2, 0.25) is 0 Å². The molecule has 2 rings (SSSR count). The molecule has 1 saturated heterocycles. The molecule has 1 aliphatic rings. The molecule has 0 spiro atoms. The molecule has 3 nitrogen and oxygen atoms in total. The number of benzene rings is 1. The summed E-state index contributed by atoms with van der Waals surface area (Å²) in [6.45, 7) is 3.70. The number of rotatable bonds is 5. The Morgan fingerprint density at radius 1 is 1.37 bits per heavy atom. The van der Waals surface area contributed by atoms with E-state index in [1.807, 2.05) is 24.3 Å². The highest BCUT2D eigenvalue weighted by molar-refractivity contribution is 5.34. The maximum atomic E-state index is 9.71. The fourth-order valence-corrected chi connectivity index (χ4v) is 2.77. The van der Waals surface area contributed by atoms with E-state index in [4.69, 9.17) is 4.74 Å². The lowest BCUT2D eigenvalue weighted by atomic mass is 10.0. The highest BCUT2D eigenvalue weighted by atomic mass is 16.5. The Morgan fingerprint density at radius 2 is 2.16 bits per heavy atom. The predicted octanol–water partition coefficient (Wildman–Crippen LogP) is 2.99. The summed E-state index contributed by atoms with van der Waals surface area (Å²) in [7, 11) is 2.20. The molecule has 3 heteroatoms. The van der Waals surface area contributed by atoms with Crippen molar-refractivity contribution in [1.29, 1.82) is 0 Å². The number of para-hydroxylation sites is 1. The second-order valence-corrected chi connectivity index (χ2v) is 5.48. The van der Waals surface area contributed by atoms with Crippen LogP contribution in [0.4, 0.5) is 0 Å². The van der Waals surface area contributed by atoms with E-state index in [0.717, 1.165) is 24.3 Å². The Balaban J connectivity index is 1.85. The summed E-state index contributed by atoms with van der Waals surface area (Å²) in [6, 6.07) is 8.39. The van der Waals surface area contributed by atoms with Crippen molar-refractivity contribution in [3.63, 3.8) is 0 Å². The fraction of sp³-hybridized carbons (Fsp3) is 0.625. The maximum Gasteiger partial charge on any atom is 0.125 e. The molecular formula is C16H25NO2. The number of piperidine rings is 1. The van der Waals surface area contributed by atoms with Crippen LogP contribution in [0.1, 0.15) is 44.3 Å². The molecule has 1 N–H and O–H groups in total. The summed E-state index contributed by atoms with van der Waals surface area (Å²) in [6.07, 6.45) is 4.51. The minimum Gasteiger partial charge on any atom is -0.493 e. The van der Waals surface area contributed by atoms with Crippen molar-refractivity contribution in [3.8, 4) is 5.75 Å². The lowest BCUT2D eigenvalue weighted by Crippen LogP contribution is -2.37. The first kappa shape index (κ1) is 14.4. The van der Waals surface area contributed by atoms with Crippen LogP contribution < -0.4 is 4.74 Å². The molecule has 0 aromatic heterocycles. The number of aliphatic hydroxyl groups excluding tert-OH is 1. The van der Waals surface area contributed by atoms with Gasteiger partial charge in [-0.2, -0.15) is 0 Å². The average Bonchev–Trinajstić information content (AvgIpc) is 2.41. The molecule has 0 saturated carbocycles. The van der Waals surface area contributed by atoms with Crippen molar-refractivity contribution >= 4 is 0 Å². The Hall–Kier alpha value is -1.06. The molecule has 0 radical (unpaired) electrons. The molecule has 0 amide bonds. The quantitative estimate of drug-likeness (QED) is 0.886. The van der Waals surface area contributed by atoms with Gasteiger partial charge in [0.15, 0.2) is 0 Å². The van der Waals surface area contributed by atoms with Gasteiger partial charge < -0.3 is 14.7 Å². The monoisotopic (exact) mass is 263 g/mol. The molecule has 0 bridgehead atoms. The van der Waals surface area contributed by atoms with Crippen molar-refractivity contribution in [2.75, 3.05) is 20.2 Å².